The Hall–Kier alpha value is -3.00. The number of hydrogen-bond donors (Lipinski definition) is 0. The zero-order valence-electron chi connectivity index (χ0n) is 15.2. The van der Waals surface area contributed by atoms with Gasteiger partial charge in [0.05, 0.1) is 22.4 Å². The first kappa shape index (κ1) is 16.5. The van der Waals surface area contributed by atoms with Gasteiger partial charge in [0.25, 0.3) is 0 Å². The van der Waals surface area contributed by atoms with Crippen LogP contribution in [0.1, 0.15) is 19.4 Å². The fraction of sp³-hybridized carbons (Fsp3) is 0.167. The minimum Gasteiger partial charge on any atom is -0.244 e. The molecule has 1 aromatic heterocycles. The lowest BCUT2D eigenvalue weighted by Gasteiger charge is -2.12. The highest BCUT2D eigenvalue weighted by Gasteiger charge is 2.13. The van der Waals surface area contributed by atoms with Crippen LogP contribution in [0.4, 0.5) is 0 Å². The fourth-order valence-corrected chi connectivity index (χ4v) is 3.29. The van der Waals surface area contributed by atoms with E-state index in [1.807, 2.05) is 36.4 Å². The van der Waals surface area contributed by atoms with Gasteiger partial charge in [-0.25, -0.2) is 9.97 Å². The molecule has 0 saturated carbocycles. The number of nitrogens with zero attached hydrogens (tertiary/aromatic N) is 2. The molecule has 0 bridgehead atoms. The normalized spacial score (nSPS) is 11.2. The van der Waals surface area contributed by atoms with Crippen LogP contribution in [0.25, 0.3) is 33.5 Å². The van der Waals surface area contributed by atoms with E-state index >= 15 is 0 Å². The van der Waals surface area contributed by atoms with Crippen molar-refractivity contribution < 1.29 is 0 Å². The molecule has 1 heterocycles. The van der Waals surface area contributed by atoms with Gasteiger partial charge in [-0.15, -0.1) is 0 Å². The van der Waals surface area contributed by atoms with Crippen molar-refractivity contribution in [3.05, 3.63) is 84.4 Å². The highest BCUT2D eigenvalue weighted by molar-refractivity contribution is 5.86. The highest BCUT2D eigenvalue weighted by Crippen LogP contribution is 2.31. The predicted molar refractivity (Wildman–Crippen MR) is 109 cm³/mol. The Morgan fingerprint density at radius 1 is 0.654 bits per heavy atom. The van der Waals surface area contributed by atoms with Gasteiger partial charge in [0.1, 0.15) is 0 Å². The zero-order chi connectivity index (χ0) is 17.9. The molecule has 0 fully saturated rings. The van der Waals surface area contributed by atoms with E-state index in [0.717, 1.165) is 40.0 Å². The molecule has 0 unspecified atom stereocenters. The van der Waals surface area contributed by atoms with Crippen molar-refractivity contribution >= 4 is 11.0 Å². The number of aromatic nitrogens is 2. The van der Waals surface area contributed by atoms with Gasteiger partial charge in [-0.2, -0.15) is 0 Å². The standard InChI is InChI=1S/C24H22N2/c1-17(2)15-18-13-14-21-22(16-18)26-24(20-11-7-4-8-12-20)23(25-21)19-9-5-3-6-10-19/h3-14,16-17H,15H2,1-2H3. The van der Waals surface area contributed by atoms with E-state index in [0.29, 0.717) is 5.92 Å². The maximum absolute atomic E-state index is 5.03. The molecule has 0 atom stereocenters. The largest absolute Gasteiger partial charge is 0.244 e. The van der Waals surface area contributed by atoms with Crippen LogP contribution in [0.3, 0.4) is 0 Å². The van der Waals surface area contributed by atoms with Crippen LogP contribution in [-0.4, -0.2) is 9.97 Å². The molecule has 0 aliphatic rings. The van der Waals surface area contributed by atoms with Crippen LogP contribution in [-0.2, 0) is 6.42 Å². The second-order valence-electron chi connectivity index (χ2n) is 7.07. The Balaban J connectivity index is 1.94. The molecule has 26 heavy (non-hydrogen) atoms. The molecule has 0 aliphatic carbocycles. The van der Waals surface area contributed by atoms with Crippen molar-refractivity contribution in [3.8, 4) is 22.5 Å². The molecule has 2 nitrogen and oxygen atoms in total. The van der Waals surface area contributed by atoms with E-state index in [-0.39, 0.29) is 0 Å². The summed E-state index contributed by atoms with van der Waals surface area (Å²) in [6, 6.07) is 27.1. The molecule has 0 aliphatic heterocycles. The summed E-state index contributed by atoms with van der Waals surface area (Å²) in [5.74, 6) is 0.623. The van der Waals surface area contributed by atoms with E-state index in [1.54, 1.807) is 0 Å². The van der Waals surface area contributed by atoms with Gasteiger partial charge in [-0.05, 0) is 30.0 Å². The quantitative estimate of drug-likeness (QED) is 0.445. The Morgan fingerprint density at radius 2 is 1.19 bits per heavy atom. The van der Waals surface area contributed by atoms with E-state index < -0.39 is 0 Å². The molecule has 0 saturated heterocycles. The molecule has 3 aromatic carbocycles. The maximum Gasteiger partial charge on any atom is 0.0973 e. The minimum atomic E-state index is 0.623. The fourth-order valence-electron chi connectivity index (χ4n) is 3.29. The van der Waals surface area contributed by atoms with E-state index in [9.17, 15) is 0 Å². The second-order valence-corrected chi connectivity index (χ2v) is 7.07. The molecule has 0 N–H and O–H groups in total. The minimum absolute atomic E-state index is 0.623. The van der Waals surface area contributed by atoms with Crippen molar-refractivity contribution in [2.24, 2.45) is 5.92 Å². The molecule has 4 rings (SSSR count). The average Bonchev–Trinajstić information content (AvgIpc) is 2.68. The van der Waals surface area contributed by atoms with Gasteiger partial charge in [0.15, 0.2) is 0 Å². The van der Waals surface area contributed by atoms with E-state index in [2.05, 4.69) is 56.3 Å². The summed E-state index contributed by atoms with van der Waals surface area (Å²) in [7, 11) is 0. The summed E-state index contributed by atoms with van der Waals surface area (Å²) < 4.78 is 0. The van der Waals surface area contributed by atoms with Gasteiger partial charge in [-0.1, -0.05) is 80.6 Å². The SMILES string of the molecule is CC(C)Cc1ccc2nc(-c3ccccc3)c(-c3ccccc3)nc2c1. The lowest BCUT2D eigenvalue weighted by atomic mass is 10.0. The van der Waals surface area contributed by atoms with Crippen LogP contribution in [0.15, 0.2) is 78.9 Å². The van der Waals surface area contributed by atoms with Crippen LogP contribution in [0.2, 0.25) is 0 Å². The van der Waals surface area contributed by atoms with Gasteiger partial charge in [0.2, 0.25) is 0 Å². The topological polar surface area (TPSA) is 25.8 Å². The average molecular weight is 338 g/mol. The Morgan fingerprint density at radius 3 is 1.73 bits per heavy atom. The van der Waals surface area contributed by atoms with Crippen molar-refractivity contribution in [2.45, 2.75) is 20.3 Å². The van der Waals surface area contributed by atoms with Crippen molar-refractivity contribution in [1.29, 1.82) is 0 Å². The van der Waals surface area contributed by atoms with Gasteiger partial charge < -0.3 is 0 Å². The molecule has 2 heteroatoms. The molecule has 0 amide bonds. The monoisotopic (exact) mass is 338 g/mol. The first-order valence-electron chi connectivity index (χ1n) is 9.12. The Kier molecular flexibility index (Phi) is 4.49. The summed E-state index contributed by atoms with van der Waals surface area (Å²) in [5, 5.41) is 0. The molecule has 0 radical (unpaired) electrons. The zero-order valence-corrected chi connectivity index (χ0v) is 15.2. The van der Waals surface area contributed by atoms with Crippen LogP contribution in [0, 0.1) is 5.92 Å². The van der Waals surface area contributed by atoms with Gasteiger partial charge >= 0.3 is 0 Å². The predicted octanol–water partition coefficient (Wildman–Crippen LogP) is 6.16. The van der Waals surface area contributed by atoms with Gasteiger partial charge in [0, 0.05) is 11.1 Å². The number of rotatable bonds is 4. The van der Waals surface area contributed by atoms with Crippen molar-refractivity contribution in [3.63, 3.8) is 0 Å². The van der Waals surface area contributed by atoms with E-state index in [4.69, 9.17) is 9.97 Å². The lowest BCUT2D eigenvalue weighted by Crippen LogP contribution is -1.98. The third kappa shape index (κ3) is 3.36. The number of hydrogen-bond acceptors (Lipinski definition) is 2. The molecule has 128 valence electrons. The summed E-state index contributed by atoms with van der Waals surface area (Å²) >= 11 is 0. The van der Waals surface area contributed by atoms with E-state index in [1.165, 1.54) is 5.56 Å². The second kappa shape index (κ2) is 7.09. The first-order valence-corrected chi connectivity index (χ1v) is 9.12. The van der Waals surface area contributed by atoms with Crippen LogP contribution < -0.4 is 0 Å². The number of benzene rings is 3. The summed E-state index contributed by atoms with van der Waals surface area (Å²) in [6.45, 7) is 4.48. The Labute approximate surface area is 154 Å². The van der Waals surface area contributed by atoms with Crippen molar-refractivity contribution in [1.82, 2.24) is 9.97 Å². The third-order valence-electron chi connectivity index (χ3n) is 4.47. The van der Waals surface area contributed by atoms with Gasteiger partial charge in [-0.3, -0.25) is 0 Å². The smallest absolute Gasteiger partial charge is 0.0973 e. The summed E-state index contributed by atoms with van der Waals surface area (Å²) in [5.41, 5.74) is 7.26. The van der Waals surface area contributed by atoms with Crippen LogP contribution in [0.5, 0.6) is 0 Å². The van der Waals surface area contributed by atoms with Crippen LogP contribution >= 0.6 is 0 Å². The summed E-state index contributed by atoms with van der Waals surface area (Å²) in [4.78, 5) is 10.0. The molecular weight excluding hydrogens is 316 g/mol. The first-order chi connectivity index (χ1) is 12.7. The maximum atomic E-state index is 5.03. The molecule has 0 spiro atoms. The lowest BCUT2D eigenvalue weighted by molar-refractivity contribution is 0.647. The number of fused-ring (bicyclic) bond motifs is 1. The van der Waals surface area contributed by atoms with Crippen molar-refractivity contribution in [2.75, 3.05) is 0 Å². The molecule has 4 aromatic rings. The molecular formula is C24H22N2. The highest BCUT2D eigenvalue weighted by atomic mass is 14.8. The Bertz CT molecular complexity index is 1020. The third-order valence-corrected chi connectivity index (χ3v) is 4.47. The summed E-state index contributed by atoms with van der Waals surface area (Å²) in [6.07, 6.45) is 1.05.